The van der Waals surface area contributed by atoms with Crippen molar-refractivity contribution in [2.24, 2.45) is 16.5 Å². The molecular formula is C10H16N4O4S. The molecule has 0 aromatic heterocycles. The molecule has 0 unspecified atom stereocenters. The van der Waals surface area contributed by atoms with Crippen molar-refractivity contribution in [1.29, 1.82) is 0 Å². The van der Waals surface area contributed by atoms with E-state index in [9.17, 15) is 13.2 Å². The van der Waals surface area contributed by atoms with E-state index in [2.05, 4.69) is 10.3 Å². The van der Waals surface area contributed by atoms with Gasteiger partial charge >= 0.3 is 0 Å². The van der Waals surface area contributed by atoms with Crippen LogP contribution in [0.25, 0.3) is 0 Å². The summed E-state index contributed by atoms with van der Waals surface area (Å²) in [5, 5.41) is 2.63. The average Bonchev–Trinajstić information content (AvgIpc) is 2.12. The maximum absolute atomic E-state index is 10.8. The fourth-order valence-electron chi connectivity index (χ4n) is 1.01. The molecule has 106 valence electrons. The summed E-state index contributed by atoms with van der Waals surface area (Å²) in [5.41, 5.74) is 11.7. The minimum atomic E-state index is -3.67. The number of anilines is 1. The zero-order chi connectivity index (χ0) is 15.1. The van der Waals surface area contributed by atoms with Gasteiger partial charge in [0.1, 0.15) is 0 Å². The van der Waals surface area contributed by atoms with Gasteiger partial charge in [-0.25, -0.2) is 4.99 Å². The number of carbonyl (C=O) groups excluding carboxylic acids is 1. The number of guanidine groups is 1. The van der Waals surface area contributed by atoms with E-state index in [1.807, 2.05) is 0 Å². The lowest BCUT2D eigenvalue weighted by atomic mass is 10.3. The van der Waals surface area contributed by atoms with Crippen LogP contribution in [-0.2, 0) is 14.9 Å². The number of amides is 1. The molecular weight excluding hydrogens is 272 g/mol. The normalized spacial score (nSPS) is 9.84. The molecule has 1 amide bonds. The quantitative estimate of drug-likeness (QED) is 0.343. The highest BCUT2D eigenvalue weighted by Gasteiger charge is 1.96. The molecule has 0 heterocycles. The van der Waals surface area contributed by atoms with Crippen molar-refractivity contribution in [2.75, 3.05) is 11.6 Å². The zero-order valence-electron chi connectivity index (χ0n) is 10.5. The van der Waals surface area contributed by atoms with E-state index in [0.717, 1.165) is 0 Å². The van der Waals surface area contributed by atoms with Gasteiger partial charge in [0.15, 0.2) is 5.96 Å². The van der Waals surface area contributed by atoms with Gasteiger partial charge in [-0.05, 0) is 18.2 Å². The minimum absolute atomic E-state index is 0.00928. The summed E-state index contributed by atoms with van der Waals surface area (Å²) in [6.45, 7) is 1.44. The molecule has 0 bridgehead atoms. The lowest BCUT2D eigenvalue weighted by Gasteiger charge is -2.02. The molecule has 0 radical (unpaired) electrons. The molecule has 0 saturated heterocycles. The first kappa shape index (κ1) is 16.9. The van der Waals surface area contributed by atoms with Crippen LogP contribution < -0.4 is 16.8 Å². The third-order valence-electron chi connectivity index (χ3n) is 1.42. The van der Waals surface area contributed by atoms with Crippen molar-refractivity contribution < 1.29 is 17.8 Å². The number of nitrogens with two attached hydrogens (primary N) is 2. The molecule has 9 heteroatoms. The van der Waals surface area contributed by atoms with Gasteiger partial charge in [-0.2, -0.15) is 8.42 Å². The molecule has 0 fully saturated rings. The zero-order valence-corrected chi connectivity index (χ0v) is 11.3. The van der Waals surface area contributed by atoms with E-state index in [1.165, 1.54) is 6.92 Å². The van der Waals surface area contributed by atoms with E-state index >= 15 is 0 Å². The minimum Gasteiger partial charge on any atom is -0.370 e. The maximum Gasteiger partial charge on any atom is 0.261 e. The van der Waals surface area contributed by atoms with Crippen LogP contribution in [0, 0.1) is 0 Å². The Morgan fingerprint density at radius 3 is 2.32 bits per heavy atom. The molecule has 0 spiro atoms. The van der Waals surface area contributed by atoms with Gasteiger partial charge in [-0.3, -0.25) is 9.35 Å². The van der Waals surface area contributed by atoms with E-state index in [-0.39, 0.29) is 11.9 Å². The standard InChI is InChI=1S/C9H12N4O.CH4O3S/c1-6(14)12-7-3-2-4-8(5-7)13-9(10)11;1-5(2,3)4/h2-5H,1H3,(H,12,14)(H4,10,11,13);1H3,(H,2,3,4). The number of nitrogens with zero attached hydrogens (tertiary/aromatic N) is 1. The molecule has 8 nitrogen and oxygen atoms in total. The van der Waals surface area contributed by atoms with Gasteiger partial charge in [0.05, 0.1) is 11.9 Å². The largest absolute Gasteiger partial charge is 0.370 e. The first-order valence-corrected chi connectivity index (χ1v) is 6.82. The highest BCUT2D eigenvalue weighted by Crippen LogP contribution is 2.17. The number of rotatable bonds is 2. The Bertz CT molecular complexity index is 557. The SMILES string of the molecule is CC(=O)Nc1cccc(N=C(N)N)c1.CS(=O)(=O)O. The van der Waals surface area contributed by atoms with Gasteiger partial charge in [0.25, 0.3) is 10.1 Å². The fraction of sp³-hybridized carbons (Fsp3) is 0.200. The number of carbonyl (C=O) groups is 1. The van der Waals surface area contributed by atoms with Crippen LogP contribution in [0.1, 0.15) is 6.92 Å². The van der Waals surface area contributed by atoms with E-state index in [0.29, 0.717) is 17.6 Å². The van der Waals surface area contributed by atoms with Gasteiger partial charge < -0.3 is 16.8 Å². The Morgan fingerprint density at radius 2 is 1.89 bits per heavy atom. The predicted octanol–water partition coefficient (Wildman–Crippen LogP) is 0.0539. The Hall–Kier alpha value is -2.13. The monoisotopic (exact) mass is 288 g/mol. The second kappa shape index (κ2) is 7.34. The molecule has 1 rings (SSSR count). The first-order chi connectivity index (χ1) is 8.58. The highest BCUT2D eigenvalue weighted by atomic mass is 32.2. The Labute approximate surface area is 111 Å². The molecule has 0 atom stereocenters. The summed E-state index contributed by atoms with van der Waals surface area (Å²) in [5.74, 6) is -0.142. The topological polar surface area (TPSA) is 148 Å². The molecule has 0 aliphatic heterocycles. The summed E-state index contributed by atoms with van der Waals surface area (Å²) < 4.78 is 25.9. The van der Waals surface area contributed by atoms with Crippen molar-refractivity contribution >= 4 is 33.4 Å². The highest BCUT2D eigenvalue weighted by molar-refractivity contribution is 7.85. The van der Waals surface area contributed by atoms with Crippen molar-refractivity contribution in [3.8, 4) is 0 Å². The summed E-state index contributed by atoms with van der Waals surface area (Å²) >= 11 is 0. The summed E-state index contributed by atoms with van der Waals surface area (Å²) in [6.07, 6.45) is 0.715. The lowest BCUT2D eigenvalue weighted by Crippen LogP contribution is -2.21. The van der Waals surface area contributed by atoms with Crippen LogP contribution in [0.15, 0.2) is 29.3 Å². The number of benzene rings is 1. The maximum atomic E-state index is 10.8. The summed E-state index contributed by atoms with van der Waals surface area (Å²) in [4.78, 5) is 14.6. The average molecular weight is 288 g/mol. The molecule has 6 N–H and O–H groups in total. The first-order valence-electron chi connectivity index (χ1n) is 4.97. The smallest absolute Gasteiger partial charge is 0.261 e. The van der Waals surface area contributed by atoms with E-state index < -0.39 is 10.1 Å². The van der Waals surface area contributed by atoms with Crippen LogP contribution in [0.2, 0.25) is 0 Å². The number of hydrogen-bond donors (Lipinski definition) is 4. The molecule has 0 aliphatic rings. The van der Waals surface area contributed by atoms with Crippen molar-refractivity contribution in [2.45, 2.75) is 6.92 Å². The Morgan fingerprint density at radius 1 is 1.37 bits per heavy atom. The number of hydrogen-bond acceptors (Lipinski definition) is 4. The van der Waals surface area contributed by atoms with E-state index in [1.54, 1.807) is 24.3 Å². The van der Waals surface area contributed by atoms with E-state index in [4.69, 9.17) is 16.0 Å². The number of nitrogens with one attached hydrogen (secondary N) is 1. The van der Waals surface area contributed by atoms with Crippen molar-refractivity contribution in [1.82, 2.24) is 0 Å². The number of aliphatic imine (C=N–C) groups is 1. The third kappa shape index (κ3) is 12.1. The molecule has 0 saturated carbocycles. The second-order valence-corrected chi connectivity index (χ2v) is 4.97. The lowest BCUT2D eigenvalue weighted by molar-refractivity contribution is -0.114. The second-order valence-electron chi connectivity index (χ2n) is 3.50. The van der Waals surface area contributed by atoms with Crippen LogP contribution in [0.3, 0.4) is 0 Å². The van der Waals surface area contributed by atoms with Gasteiger partial charge in [0, 0.05) is 12.6 Å². The molecule has 1 aromatic rings. The van der Waals surface area contributed by atoms with Crippen LogP contribution in [0.5, 0.6) is 0 Å². The van der Waals surface area contributed by atoms with Gasteiger partial charge in [-0.15, -0.1) is 0 Å². The van der Waals surface area contributed by atoms with Crippen LogP contribution in [-0.4, -0.2) is 31.1 Å². The van der Waals surface area contributed by atoms with Crippen LogP contribution in [0.4, 0.5) is 11.4 Å². The van der Waals surface area contributed by atoms with Crippen molar-refractivity contribution in [3.05, 3.63) is 24.3 Å². The van der Waals surface area contributed by atoms with Gasteiger partial charge in [-0.1, -0.05) is 6.07 Å². The van der Waals surface area contributed by atoms with Crippen LogP contribution >= 0.6 is 0 Å². The Balaban J connectivity index is 0.000000555. The predicted molar refractivity (Wildman–Crippen MR) is 73.7 cm³/mol. The Kier molecular flexibility index (Phi) is 6.51. The third-order valence-corrected chi connectivity index (χ3v) is 1.42. The molecule has 1 aromatic carbocycles. The molecule has 19 heavy (non-hydrogen) atoms. The fourth-order valence-corrected chi connectivity index (χ4v) is 1.01. The summed E-state index contributed by atoms with van der Waals surface area (Å²) in [7, 11) is -3.67. The summed E-state index contributed by atoms with van der Waals surface area (Å²) in [6, 6.07) is 6.94. The van der Waals surface area contributed by atoms with Gasteiger partial charge in [0.2, 0.25) is 5.91 Å². The molecule has 0 aliphatic carbocycles. The van der Waals surface area contributed by atoms with Crippen molar-refractivity contribution in [3.63, 3.8) is 0 Å².